The number of halogens is 1. The third-order valence-electron chi connectivity index (χ3n) is 2.12. The van der Waals surface area contributed by atoms with Gasteiger partial charge in [0.2, 0.25) is 0 Å². The summed E-state index contributed by atoms with van der Waals surface area (Å²) in [6.07, 6.45) is 0. The molecule has 0 aliphatic rings. The number of hydrogen-bond donors (Lipinski definition) is 3. The Bertz CT molecular complexity index is 669. The monoisotopic (exact) mass is 239 g/mol. The molecule has 0 amide bonds. The molecule has 2 aromatic rings. The van der Waals surface area contributed by atoms with Crippen molar-refractivity contribution < 1.29 is 14.3 Å². The predicted molar refractivity (Wildman–Crippen MR) is 53.9 cm³/mol. The molecule has 0 aliphatic carbocycles. The second kappa shape index (κ2) is 3.74. The molecular weight excluding hydrogens is 233 g/mol. The Balaban J connectivity index is 2.75. The number of rotatable bonds is 2. The summed E-state index contributed by atoms with van der Waals surface area (Å²) in [6, 6.07) is 2.81. The second-order valence-corrected chi connectivity index (χ2v) is 3.17. The number of H-pyrrole nitrogens is 2. The largest absolute Gasteiger partial charge is 0.478 e. The number of carboxylic acids is 1. The lowest BCUT2D eigenvalue weighted by atomic mass is 10.2. The van der Waals surface area contributed by atoms with Crippen LogP contribution in [0.5, 0.6) is 0 Å². The zero-order chi connectivity index (χ0) is 12.6. The number of benzene rings is 1. The molecule has 1 aromatic heterocycles. The number of carboxylic acid groups (broad SMARTS) is 1. The van der Waals surface area contributed by atoms with Gasteiger partial charge < -0.3 is 5.11 Å². The summed E-state index contributed by atoms with van der Waals surface area (Å²) in [5.41, 5.74) is -2.40. The van der Waals surface area contributed by atoms with Crippen LogP contribution in [0.2, 0.25) is 0 Å². The van der Waals surface area contributed by atoms with E-state index in [-0.39, 0.29) is 5.56 Å². The molecule has 0 radical (unpaired) electrons. The average Bonchev–Trinajstić information content (AvgIpc) is 2.59. The Morgan fingerprint density at radius 3 is 2.35 bits per heavy atom. The molecule has 0 unspecified atom stereocenters. The Morgan fingerprint density at radius 1 is 1.24 bits per heavy atom. The van der Waals surface area contributed by atoms with Crippen LogP contribution < -0.4 is 11.4 Å². The van der Waals surface area contributed by atoms with E-state index in [1.807, 2.05) is 10.2 Å². The molecule has 0 spiro atoms. The van der Waals surface area contributed by atoms with Crippen molar-refractivity contribution in [1.82, 2.24) is 14.8 Å². The van der Waals surface area contributed by atoms with E-state index in [0.29, 0.717) is 4.57 Å². The Kier molecular flexibility index (Phi) is 2.39. The lowest BCUT2D eigenvalue weighted by Crippen LogP contribution is -2.25. The Morgan fingerprint density at radius 2 is 1.82 bits per heavy atom. The van der Waals surface area contributed by atoms with E-state index in [0.717, 1.165) is 18.2 Å². The highest BCUT2D eigenvalue weighted by atomic mass is 19.1. The van der Waals surface area contributed by atoms with E-state index in [4.69, 9.17) is 5.11 Å². The molecule has 0 saturated heterocycles. The molecule has 0 bridgehead atoms. The number of nitrogens with one attached hydrogen (secondary N) is 2. The maximum Gasteiger partial charge on any atom is 0.349 e. The average molecular weight is 239 g/mol. The lowest BCUT2D eigenvalue weighted by Gasteiger charge is -2.02. The Hall–Kier alpha value is -2.64. The van der Waals surface area contributed by atoms with Crippen LogP contribution in [0.4, 0.5) is 4.39 Å². The van der Waals surface area contributed by atoms with Gasteiger partial charge in [0, 0.05) is 0 Å². The predicted octanol–water partition coefficient (Wildman–Crippen LogP) is -0.309. The summed E-state index contributed by atoms with van der Waals surface area (Å²) in [5, 5.41) is 12.7. The molecule has 0 aliphatic heterocycles. The number of aromatic carboxylic acids is 1. The molecule has 17 heavy (non-hydrogen) atoms. The maximum absolute atomic E-state index is 13.4. The summed E-state index contributed by atoms with van der Waals surface area (Å²) in [7, 11) is 0. The van der Waals surface area contributed by atoms with Crippen LogP contribution in [0, 0.1) is 5.82 Å². The molecule has 1 aromatic carbocycles. The van der Waals surface area contributed by atoms with Crippen molar-refractivity contribution in [3.8, 4) is 5.69 Å². The SMILES string of the molecule is O=C(O)c1ccc(F)c(-n2c(=O)[nH][nH]c2=O)c1. The standard InChI is InChI=1S/C9H6FN3O4/c10-5-2-1-4(7(14)15)3-6(5)13-8(16)11-12-9(13)17/h1-3H,(H,11,16)(H,12,17)(H,14,15). The highest BCUT2D eigenvalue weighted by Crippen LogP contribution is 2.12. The first kappa shape index (κ1) is 10.9. The summed E-state index contributed by atoms with van der Waals surface area (Å²) in [4.78, 5) is 33.2. The van der Waals surface area contributed by atoms with Gasteiger partial charge >= 0.3 is 17.3 Å². The molecule has 3 N–H and O–H groups in total. The maximum atomic E-state index is 13.4. The van der Waals surface area contributed by atoms with Crippen molar-refractivity contribution in [2.45, 2.75) is 0 Å². The summed E-state index contributed by atoms with van der Waals surface area (Å²) < 4.78 is 13.9. The molecule has 0 saturated carbocycles. The number of aromatic nitrogens is 3. The van der Waals surface area contributed by atoms with Gasteiger partial charge in [-0.15, -0.1) is 0 Å². The Labute approximate surface area is 92.1 Å². The smallest absolute Gasteiger partial charge is 0.349 e. The lowest BCUT2D eigenvalue weighted by molar-refractivity contribution is 0.0697. The van der Waals surface area contributed by atoms with Crippen LogP contribution in [-0.4, -0.2) is 25.8 Å². The van der Waals surface area contributed by atoms with Gasteiger partial charge in [-0.1, -0.05) is 0 Å². The normalized spacial score (nSPS) is 10.4. The van der Waals surface area contributed by atoms with Crippen molar-refractivity contribution in [2.75, 3.05) is 0 Å². The van der Waals surface area contributed by atoms with Gasteiger partial charge in [-0.25, -0.2) is 33.5 Å². The van der Waals surface area contributed by atoms with E-state index < -0.39 is 28.9 Å². The fourth-order valence-electron chi connectivity index (χ4n) is 1.35. The van der Waals surface area contributed by atoms with Crippen LogP contribution in [-0.2, 0) is 0 Å². The molecule has 7 nitrogen and oxygen atoms in total. The van der Waals surface area contributed by atoms with Gasteiger partial charge in [0.1, 0.15) is 5.82 Å². The van der Waals surface area contributed by atoms with Gasteiger partial charge in [-0.05, 0) is 18.2 Å². The van der Waals surface area contributed by atoms with Crippen molar-refractivity contribution >= 4 is 5.97 Å². The van der Waals surface area contributed by atoms with Crippen LogP contribution in [0.25, 0.3) is 5.69 Å². The highest BCUT2D eigenvalue weighted by molar-refractivity contribution is 5.88. The van der Waals surface area contributed by atoms with Gasteiger partial charge in [0.25, 0.3) is 0 Å². The van der Waals surface area contributed by atoms with Gasteiger partial charge in [0.05, 0.1) is 11.3 Å². The third-order valence-corrected chi connectivity index (χ3v) is 2.12. The quantitative estimate of drug-likeness (QED) is 0.668. The molecule has 0 fully saturated rings. The molecule has 1 heterocycles. The molecule has 2 rings (SSSR count). The minimum absolute atomic E-state index is 0.228. The van der Waals surface area contributed by atoms with Gasteiger partial charge in [-0.2, -0.15) is 0 Å². The van der Waals surface area contributed by atoms with E-state index in [9.17, 15) is 18.8 Å². The molecule has 88 valence electrons. The summed E-state index contributed by atoms with van der Waals surface area (Å²) in [6.45, 7) is 0. The third kappa shape index (κ3) is 1.75. The number of hydrogen-bond acceptors (Lipinski definition) is 3. The van der Waals surface area contributed by atoms with Crippen molar-refractivity contribution in [3.05, 3.63) is 50.5 Å². The van der Waals surface area contributed by atoms with Crippen molar-refractivity contribution in [1.29, 1.82) is 0 Å². The second-order valence-electron chi connectivity index (χ2n) is 3.17. The molecule has 8 heteroatoms. The number of carbonyl (C=O) groups is 1. The summed E-state index contributed by atoms with van der Waals surface area (Å²) in [5.74, 6) is -2.16. The minimum Gasteiger partial charge on any atom is -0.478 e. The van der Waals surface area contributed by atoms with Crippen LogP contribution in [0.15, 0.2) is 27.8 Å². The molecular formula is C9H6FN3O4. The van der Waals surface area contributed by atoms with Gasteiger partial charge in [-0.3, -0.25) is 0 Å². The van der Waals surface area contributed by atoms with Gasteiger partial charge in [0.15, 0.2) is 0 Å². The first-order valence-electron chi connectivity index (χ1n) is 4.43. The fourth-order valence-corrected chi connectivity index (χ4v) is 1.35. The number of aromatic amines is 2. The van der Waals surface area contributed by atoms with E-state index in [1.165, 1.54) is 0 Å². The minimum atomic E-state index is -1.29. The zero-order valence-corrected chi connectivity index (χ0v) is 8.23. The summed E-state index contributed by atoms with van der Waals surface area (Å²) >= 11 is 0. The van der Waals surface area contributed by atoms with E-state index in [1.54, 1.807) is 0 Å². The highest BCUT2D eigenvalue weighted by Gasteiger charge is 2.14. The number of nitrogens with zero attached hydrogens (tertiary/aromatic N) is 1. The van der Waals surface area contributed by atoms with Crippen LogP contribution in [0.1, 0.15) is 10.4 Å². The molecule has 0 atom stereocenters. The zero-order valence-electron chi connectivity index (χ0n) is 8.23. The van der Waals surface area contributed by atoms with Crippen LogP contribution >= 0.6 is 0 Å². The van der Waals surface area contributed by atoms with E-state index in [2.05, 4.69) is 0 Å². The topological polar surface area (TPSA) is 108 Å². The fraction of sp³-hybridized carbons (Fsp3) is 0. The van der Waals surface area contributed by atoms with Crippen molar-refractivity contribution in [2.24, 2.45) is 0 Å². The van der Waals surface area contributed by atoms with Crippen LogP contribution in [0.3, 0.4) is 0 Å². The first-order chi connectivity index (χ1) is 8.00. The first-order valence-corrected chi connectivity index (χ1v) is 4.43. The van der Waals surface area contributed by atoms with Crippen molar-refractivity contribution in [3.63, 3.8) is 0 Å². The van der Waals surface area contributed by atoms with E-state index >= 15 is 0 Å².